The Labute approximate surface area is 98.9 Å². The van der Waals surface area contributed by atoms with Crippen molar-refractivity contribution in [2.24, 2.45) is 0 Å². The van der Waals surface area contributed by atoms with E-state index in [4.69, 9.17) is 4.74 Å². The van der Waals surface area contributed by atoms with Gasteiger partial charge in [0.1, 0.15) is 0 Å². The molecule has 0 radical (unpaired) electrons. The quantitative estimate of drug-likeness (QED) is 0.719. The number of nitrogens with zero attached hydrogens (tertiary/aromatic N) is 2. The maximum Gasteiger partial charge on any atom is 0.0829 e. The summed E-state index contributed by atoms with van der Waals surface area (Å²) in [5, 5.41) is 3.53. The van der Waals surface area contributed by atoms with E-state index in [1.807, 2.05) is 0 Å². The minimum absolute atomic E-state index is 0.409. The van der Waals surface area contributed by atoms with Crippen molar-refractivity contribution in [2.75, 3.05) is 52.9 Å². The normalized spacial score (nSPS) is 34.9. The molecule has 2 heterocycles. The molecule has 16 heavy (non-hydrogen) atoms. The van der Waals surface area contributed by atoms with E-state index in [1.165, 1.54) is 13.0 Å². The van der Waals surface area contributed by atoms with Crippen molar-refractivity contribution in [1.82, 2.24) is 15.1 Å². The molecule has 0 saturated carbocycles. The van der Waals surface area contributed by atoms with Crippen molar-refractivity contribution < 1.29 is 4.74 Å². The highest BCUT2D eigenvalue weighted by Gasteiger charge is 2.21. The molecule has 2 rings (SSSR count). The molecule has 4 nitrogen and oxygen atoms in total. The second-order valence-corrected chi connectivity index (χ2v) is 5.20. The lowest BCUT2D eigenvalue weighted by Gasteiger charge is -2.33. The number of likely N-dealkylation sites (N-methyl/N-ethyl adjacent to an activating group) is 1. The summed E-state index contributed by atoms with van der Waals surface area (Å²) in [5.74, 6) is 0. The lowest BCUT2D eigenvalue weighted by molar-refractivity contribution is -0.0348. The van der Waals surface area contributed by atoms with E-state index < -0.39 is 0 Å². The van der Waals surface area contributed by atoms with Gasteiger partial charge < -0.3 is 15.0 Å². The zero-order valence-corrected chi connectivity index (χ0v) is 10.6. The van der Waals surface area contributed by atoms with Gasteiger partial charge in [-0.3, -0.25) is 4.90 Å². The number of nitrogens with one attached hydrogen (secondary N) is 1. The lowest BCUT2D eigenvalue weighted by Crippen LogP contribution is -2.46. The Kier molecular flexibility index (Phi) is 4.58. The van der Waals surface area contributed by atoms with E-state index in [0.29, 0.717) is 12.1 Å². The number of ether oxygens (including phenoxy) is 1. The summed E-state index contributed by atoms with van der Waals surface area (Å²) in [5.41, 5.74) is 0. The minimum atomic E-state index is 0.409. The molecular formula is C12H25N3O. The summed E-state index contributed by atoms with van der Waals surface area (Å²) in [6.45, 7) is 9.90. The molecule has 0 aromatic heterocycles. The van der Waals surface area contributed by atoms with Crippen molar-refractivity contribution in [3.8, 4) is 0 Å². The number of rotatable bonds is 2. The van der Waals surface area contributed by atoms with Gasteiger partial charge in [-0.05, 0) is 26.9 Å². The highest BCUT2D eigenvalue weighted by Crippen LogP contribution is 2.07. The van der Waals surface area contributed by atoms with E-state index >= 15 is 0 Å². The molecule has 0 spiro atoms. The molecule has 2 aliphatic heterocycles. The Morgan fingerprint density at radius 3 is 3.00 bits per heavy atom. The zero-order valence-electron chi connectivity index (χ0n) is 10.6. The summed E-state index contributed by atoms with van der Waals surface area (Å²) in [6.07, 6.45) is 1.66. The average Bonchev–Trinajstić information content (AvgIpc) is 2.44. The van der Waals surface area contributed by atoms with E-state index in [2.05, 4.69) is 29.1 Å². The van der Waals surface area contributed by atoms with Crippen LogP contribution in [0.1, 0.15) is 13.3 Å². The molecule has 0 bridgehead atoms. The Morgan fingerprint density at radius 1 is 1.31 bits per heavy atom. The van der Waals surface area contributed by atoms with Crippen LogP contribution >= 0.6 is 0 Å². The van der Waals surface area contributed by atoms with Gasteiger partial charge in [-0.1, -0.05) is 0 Å². The van der Waals surface area contributed by atoms with Crippen LogP contribution in [0.5, 0.6) is 0 Å². The fraction of sp³-hybridized carbons (Fsp3) is 1.00. The third-order valence-electron chi connectivity index (χ3n) is 3.60. The summed E-state index contributed by atoms with van der Waals surface area (Å²) in [4.78, 5) is 4.91. The summed E-state index contributed by atoms with van der Waals surface area (Å²) in [7, 11) is 2.18. The minimum Gasteiger partial charge on any atom is -0.374 e. The van der Waals surface area contributed by atoms with Gasteiger partial charge in [0.05, 0.1) is 12.7 Å². The van der Waals surface area contributed by atoms with Crippen LogP contribution in [0.15, 0.2) is 0 Å². The molecule has 2 fully saturated rings. The number of hydrogen-bond acceptors (Lipinski definition) is 4. The van der Waals surface area contributed by atoms with Gasteiger partial charge in [-0.2, -0.15) is 0 Å². The van der Waals surface area contributed by atoms with Crippen LogP contribution in [-0.4, -0.2) is 74.9 Å². The average molecular weight is 227 g/mol. The molecule has 0 aliphatic carbocycles. The zero-order chi connectivity index (χ0) is 11.4. The monoisotopic (exact) mass is 227 g/mol. The Balaban J connectivity index is 1.75. The first-order valence-electron chi connectivity index (χ1n) is 6.50. The van der Waals surface area contributed by atoms with E-state index in [9.17, 15) is 0 Å². The van der Waals surface area contributed by atoms with Crippen molar-refractivity contribution >= 4 is 0 Å². The first-order valence-corrected chi connectivity index (χ1v) is 6.50. The molecule has 2 unspecified atom stereocenters. The maximum atomic E-state index is 5.82. The van der Waals surface area contributed by atoms with Crippen molar-refractivity contribution in [2.45, 2.75) is 25.5 Å². The van der Waals surface area contributed by atoms with Gasteiger partial charge in [-0.25, -0.2) is 0 Å². The topological polar surface area (TPSA) is 27.7 Å². The Morgan fingerprint density at radius 2 is 2.19 bits per heavy atom. The van der Waals surface area contributed by atoms with Gasteiger partial charge in [0.25, 0.3) is 0 Å². The van der Waals surface area contributed by atoms with E-state index in [-0.39, 0.29) is 0 Å². The number of morpholine rings is 1. The first-order chi connectivity index (χ1) is 7.74. The molecule has 2 atom stereocenters. The summed E-state index contributed by atoms with van der Waals surface area (Å²) >= 11 is 0. The van der Waals surface area contributed by atoms with Crippen LogP contribution in [0.3, 0.4) is 0 Å². The van der Waals surface area contributed by atoms with Crippen LogP contribution in [0.25, 0.3) is 0 Å². The van der Waals surface area contributed by atoms with Gasteiger partial charge in [0.2, 0.25) is 0 Å². The summed E-state index contributed by atoms with van der Waals surface area (Å²) in [6, 6.07) is 0.667. The standard InChI is InChI=1S/C12H25N3O/c1-11-3-5-15(6-4-13-11)10-12-9-14(2)7-8-16-12/h11-13H,3-10H2,1-2H3. The molecule has 2 aliphatic rings. The second kappa shape index (κ2) is 5.96. The van der Waals surface area contributed by atoms with Gasteiger partial charge in [-0.15, -0.1) is 0 Å². The number of hydrogen-bond donors (Lipinski definition) is 1. The Bertz CT molecular complexity index is 212. The second-order valence-electron chi connectivity index (χ2n) is 5.20. The van der Waals surface area contributed by atoms with E-state index in [1.54, 1.807) is 0 Å². The van der Waals surface area contributed by atoms with Crippen LogP contribution < -0.4 is 5.32 Å². The predicted molar refractivity (Wildman–Crippen MR) is 65.8 cm³/mol. The van der Waals surface area contributed by atoms with Crippen molar-refractivity contribution in [3.63, 3.8) is 0 Å². The fourth-order valence-electron chi connectivity index (χ4n) is 2.51. The van der Waals surface area contributed by atoms with Crippen LogP contribution in [0.4, 0.5) is 0 Å². The largest absolute Gasteiger partial charge is 0.374 e. The highest BCUT2D eigenvalue weighted by atomic mass is 16.5. The van der Waals surface area contributed by atoms with Crippen molar-refractivity contribution in [3.05, 3.63) is 0 Å². The van der Waals surface area contributed by atoms with Gasteiger partial charge in [0, 0.05) is 38.8 Å². The van der Waals surface area contributed by atoms with Crippen LogP contribution in [0.2, 0.25) is 0 Å². The molecule has 2 saturated heterocycles. The SMILES string of the molecule is CC1CCN(CC2CN(C)CCO2)CCN1. The molecule has 0 aromatic carbocycles. The first kappa shape index (κ1) is 12.3. The predicted octanol–water partition coefficient (Wildman–Crippen LogP) is 0.000800. The lowest BCUT2D eigenvalue weighted by atomic mass is 10.2. The van der Waals surface area contributed by atoms with Gasteiger partial charge >= 0.3 is 0 Å². The van der Waals surface area contributed by atoms with E-state index in [0.717, 1.165) is 39.3 Å². The third kappa shape index (κ3) is 3.70. The van der Waals surface area contributed by atoms with Crippen LogP contribution in [-0.2, 0) is 4.74 Å². The molecule has 0 aromatic rings. The molecule has 0 amide bonds. The fourth-order valence-corrected chi connectivity index (χ4v) is 2.51. The highest BCUT2D eigenvalue weighted by molar-refractivity contribution is 4.77. The van der Waals surface area contributed by atoms with Crippen LogP contribution in [0, 0.1) is 0 Å². The summed E-state index contributed by atoms with van der Waals surface area (Å²) < 4.78 is 5.82. The molecule has 94 valence electrons. The maximum absolute atomic E-state index is 5.82. The smallest absolute Gasteiger partial charge is 0.0829 e. The van der Waals surface area contributed by atoms with Gasteiger partial charge in [0.15, 0.2) is 0 Å². The molecular weight excluding hydrogens is 202 g/mol. The third-order valence-corrected chi connectivity index (χ3v) is 3.60. The Hall–Kier alpha value is -0.160. The van der Waals surface area contributed by atoms with Crippen molar-refractivity contribution in [1.29, 1.82) is 0 Å². The molecule has 1 N–H and O–H groups in total. The molecule has 4 heteroatoms.